The Hall–Kier alpha value is -1.65. The molecule has 0 aliphatic rings. The predicted octanol–water partition coefficient (Wildman–Crippen LogP) is 4.13. The zero-order valence-corrected chi connectivity index (χ0v) is 12.5. The lowest BCUT2D eigenvalue weighted by Crippen LogP contribution is -2.19. The van der Waals surface area contributed by atoms with Crippen LogP contribution in [0, 0.1) is 11.6 Å². The second-order valence-corrected chi connectivity index (χ2v) is 5.14. The largest absolute Gasteiger partial charge is 0.496 e. The molecule has 0 amide bonds. The molecule has 1 atom stereocenters. The van der Waals surface area contributed by atoms with Gasteiger partial charge in [-0.15, -0.1) is 0 Å². The number of hydrogen-bond donors (Lipinski definition) is 1. The highest BCUT2D eigenvalue weighted by atomic mass is 35.5. The maximum absolute atomic E-state index is 13.4. The fourth-order valence-corrected chi connectivity index (χ4v) is 2.48. The fraction of sp³-hybridized carbons (Fsp3) is 0.250. The third kappa shape index (κ3) is 3.93. The SMILES string of the molecule is CNC(Cc1cc(Cl)ccc1OC)c1cc(F)cc(F)c1. The topological polar surface area (TPSA) is 21.3 Å². The molecule has 0 spiro atoms. The van der Waals surface area contributed by atoms with Crippen molar-refractivity contribution < 1.29 is 13.5 Å². The third-order valence-corrected chi connectivity index (χ3v) is 3.54. The molecule has 0 fully saturated rings. The van der Waals surface area contributed by atoms with Gasteiger partial charge in [-0.1, -0.05) is 11.6 Å². The average Bonchev–Trinajstić information content (AvgIpc) is 2.43. The van der Waals surface area contributed by atoms with E-state index >= 15 is 0 Å². The van der Waals surface area contributed by atoms with Crippen LogP contribution in [0.4, 0.5) is 8.78 Å². The Balaban J connectivity index is 2.32. The van der Waals surface area contributed by atoms with Crippen LogP contribution in [-0.2, 0) is 6.42 Å². The number of halogens is 3. The van der Waals surface area contributed by atoms with Crippen molar-refractivity contribution in [3.8, 4) is 5.75 Å². The molecule has 112 valence electrons. The van der Waals surface area contributed by atoms with E-state index in [0.717, 1.165) is 11.6 Å². The molecule has 2 nitrogen and oxygen atoms in total. The molecule has 5 heteroatoms. The van der Waals surface area contributed by atoms with Gasteiger partial charge in [-0.2, -0.15) is 0 Å². The second-order valence-electron chi connectivity index (χ2n) is 4.70. The molecule has 2 aromatic carbocycles. The van der Waals surface area contributed by atoms with Gasteiger partial charge in [0.1, 0.15) is 17.4 Å². The summed E-state index contributed by atoms with van der Waals surface area (Å²) in [6.45, 7) is 0. The van der Waals surface area contributed by atoms with Crippen LogP contribution in [0.25, 0.3) is 0 Å². The van der Waals surface area contributed by atoms with Gasteiger partial charge in [0, 0.05) is 17.1 Å². The summed E-state index contributed by atoms with van der Waals surface area (Å²) < 4.78 is 32.0. The van der Waals surface area contributed by atoms with Crippen molar-refractivity contribution in [3.63, 3.8) is 0 Å². The molecule has 0 aliphatic carbocycles. The zero-order valence-electron chi connectivity index (χ0n) is 11.8. The van der Waals surface area contributed by atoms with Crippen molar-refractivity contribution in [2.45, 2.75) is 12.5 Å². The number of hydrogen-bond acceptors (Lipinski definition) is 2. The number of likely N-dealkylation sites (N-methyl/N-ethyl adjacent to an activating group) is 1. The maximum atomic E-state index is 13.4. The minimum atomic E-state index is -0.594. The lowest BCUT2D eigenvalue weighted by Gasteiger charge is -2.19. The minimum Gasteiger partial charge on any atom is -0.496 e. The van der Waals surface area contributed by atoms with Gasteiger partial charge in [0.15, 0.2) is 0 Å². The van der Waals surface area contributed by atoms with Gasteiger partial charge in [-0.05, 0) is 54.9 Å². The van der Waals surface area contributed by atoms with E-state index < -0.39 is 11.6 Å². The van der Waals surface area contributed by atoms with E-state index in [2.05, 4.69) is 5.32 Å². The van der Waals surface area contributed by atoms with Crippen molar-refractivity contribution >= 4 is 11.6 Å². The highest BCUT2D eigenvalue weighted by Gasteiger charge is 2.15. The van der Waals surface area contributed by atoms with Crippen LogP contribution in [0.3, 0.4) is 0 Å². The summed E-state index contributed by atoms with van der Waals surface area (Å²) in [6, 6.07) is 8.55. The molecule has 2 rings (SSSR count). The lowest BCUT2D eigenvalue weighted by atomic mass is 9.98. The first-order chi connectivity index (χ1) is 10.0. The van der Waals surface area contributed by atoms with Gasteiger partial charge >= 0.3 is 0 Å². The molecule has 0 radical (unpaired) electrons. The van der Waals surface area contributed by atoms with Crippen LogP contribution >= 0.6 is 11.6 Å². The summed E-state index contributed by atoms with van der Waals surface area (Å²) in [5.74, 6) is -0.497. The van der Waals surface area contributed by atoms with Gasteiger partial charge < -0.3 is 10.1 Å². The highest BCUT2D eigenvalue weighted by molar-refractivity contribution is 6.30. The lowest BCUT2D eigenvalue weighted by molar-refractivity contribution is 0.406. The van der Waals surface area contributed by atoms with Crippen molar-refractivity contribution in [2.75, 3.05) is 14.2 Å². The normalized spacial score (nSPS) is 12.2. The predicted molar refractivity (Wildman–Crippen MR) is 79.9 cm³/mol. The van der Waals surface area contributed by atoms with E-state index in [0.29, 0.717) is 22.8 Å². The Morgan fingerprint density at radius 1 is 1.14 bits per heavy atom. The third-order valence-electron chi connectivity index (χ3n) is 3.30. The molecule has 1 N–H and O–H groups in total. The number of benzene rings is 2. The molecule has 0 heterocycles. The Kier molecular flexibility index (Phi) is 5.15. The zero-order chi connectivity index (χ0) is 15.4. The number of ether oxygens (including phenoxy) is 1. The molecule has 0 aromatic heterocycles. The molecule has 1 unspecified atom stereocenters. The molecule has 21 heavy (non-hydrogen) atoms. The summed E-state index contributed by atoms with van der Waals surface area (Å²) in [5, 5.41) is 3.65. The molecule has 0 bridgehead atoms. The van der Waals surface area contributed by atoms with Crippen molar-refractivity contribution in [3.05, 3.63) is 64.2 Å². The Bertz CT molecular complexity index is 613. The van der Waals surface area contributed by atoms with Gasteiger partial charge in [0.2, 0.25) is 0 Å². The second kappa shape index (κ2) is 6.87. The Morgan fingerprint density at radius 3 is 2.38 bits per heavy atom. The first-order valence-electron chi connectivity index (χ1n) is 6.49. The molecule has 0 aliphatic heterocycles. The van der Waals surface area contributed by atoms with Gasteiger partial charge in [0.05, 0.1) is 7.11 Å². The van der Waals surface area contributed by atoms with E-state index in [-0.39, 0.29) is 6.04 Å². The summed E-state index contributed by atoms with van der Waals surface area (Å²) in [6.07, 6.45) is 0.503. The molecule has 0 saturated carbocycles. The van der Waals surface area contributed by atoms with Crippen LogP contribution in [0.2, 0.25) is 5.02 Å². The first-order valence-corrected chi connectivity index (χ1v) is 6.87. The van der Waals surface area contributed by atoms with E-state index in [1.54, 1.807) is 32.4 Å². The van der Waals surface area contributed by atoms with E-state index in [1.807, 2.05) is 0 Å². The summed E-state index contributed by atoms with van der Waals surface area (Å²) in [7, 11) is 3.31. The summed E-state index contributed by atoms with van der Waals surface area (Å²) in [4.78, 5) is 0. The van der Waals surface area contributed by atoms with Gasteiger partial charge in [-0.25, -0.2) is 8.78 Å². The van der Waals surface area contributed by atoms with Crippen molar-refractivity contribution in [1.82, 2.24) is 5.32 Å². The first kappa shape index (κ1) is 15.7. The summed E-state index contributed by atoms with van der Waals surface area (Å²) >= 11 is 6.00. The van der Waals surface area contributed by atoms with Crippen molar-refractivity contribution in [1.29, 1.82) is 0 Å². The van der Waals surface area contributed by atoms with Crippen LogP contribution in [0.5, 0.6) is 5.75 Å². The highest BCUT2D eigenvalue weighted by Crippen LogP contribution is 2.28. The van der Waals surface area contributed by atoms with Gasteiger partial charge in [0.25, 0.3) is 0 Å². The number of nitrogens with one attached hydrogen (secondary N) is 1. The monoisotopic (exact) mass is 311 g/mol. The van der Waals surface area contributed by atoms with E-state index in [1.165, 1.54) is 12.1 Å². The Morgan fingerprint density at radius 2 is 1.81 bits per heavy atom. The van der Waals surface area contributed by atoms with Gasteiger partial charge in [-0.3, -0.25) is 0 Å². The average molecular weight is 312 g/mol. The smallest absolute Gasteiger partial charge is 0.126 e. The molecule has 0 saturated heterocycles. The maximum Gasteiger partial charge on any atom is 0.126 e. The number of rotatable bonds is 5. The van der Waals surface area contributed by atoms with E-state index in [9.17, 15) is 8.78 Å². The molecular weight excluding hydrogens is 296 g/mol. The van der Waals surface area contributed by atoms with Crippen LogP contribution in [0.1, 0.15) is 17.2 Å². The summed E-state index contributed by atoms with van der Waals surface area (Å²) in [5.41, 5.74) is 1.41. The minimum absolute atomic E-state index is 0.248. The quantitative estimate of drug-likeness (QED) is 0.896. The van der Waals surface area contributed by atoms with Crippen LogP contribution in [0.15, 0.2) is 36.4 Å². The Labute approximate surface area is 127 Å². The van der Waals surface area contributed by atoms with E-state index in [4.69, 9.17) is 16.3 Å². The fourth-order valence-electron chi connectivity index (χ4n) is 2.29. The van der Waals surface area contributed by atoms with Crippen LogP contribution < -0.4 is 10.1 Å². The standard InChI is InChI=1S/C16H16ClF2NO/c1-20-15(10-6-13(18)9-14(19)7-10)8-11-5-12(17)3-4-16(11)21-2/h3-7,9,15,20H,8H2,1-2H3. The van der Waals surface area contributed by atoms with Crippen molar-refractivity contribution in [2.24, 2.45) is 0 Å². The molecule has 2 aromatic rings. The molecular formula is C16H16ClF2NO. The number of methoxy groups -OCH3 is 1. The van der Waals surface area contributed by atoms with Crippen LogP contribution in [-0.4, -0.2) is 14.2 Å².